The fourth-order valence-corrected chi connectivity index (χ4v) is 5.27. The SMILES string of the molecule is COc1cc(C=Nn2c(-c3cc4cc(Br)ccc4o3)nc3ccccc3c2=O)c(Br)cc1OCC(=O)Nc1cccc(F)c1. The summed E-state index contributed by atoms with van der Waals surface area (Å²) in [4.78, 5) is 30.7. The van der Waals surface area contributed by atoms with Crippen LogP contribution in [0.2, 0.25) is 0 Å². The van der Waals surface area contributed by atoms with E-state index >= 15 is 0 Å². The lowest BCUT2D eigenvalue weighted by Gasteiger charge is -2.13. The molecule has 12 heteroatoms. The van der Waals surface area contributed by atoms with Gasteiger partial charge in [-0.2, -0.15) is 9.78 Å². The standard InChI is InChI=1S/C32H21Br2FN4O5/c1-42-27-13-19(24(34)15-28(27)43-17-30(40)37-22-6-4-5-21(35)14-22)16-36-39-31(38-25-8-3-2-7-23(25)32(39)41)29-12-18-11-20(33)9-10-26(18)44-29/h2-16H,17H2,1H3,(H,37,40). The van der Waals surface area contributed by atoms with E-state index in [4.69, 9.17) is 18.9 Å². The number of methoxy groups -OCH3 is 1. The summed E-state index contributed by atoms with van der Waals surface area (Å²) in [7, 11) is 1.46. The zero-order valence-electron chi connectivity index (χ0n) is 22.9. The molecule has 0 radical (unpaired) electrons. The largest absolute Gasteiger partial charge is 0.493 e. The quantitative estimate of drug-likeness (QED) is 0.165. The Morgan fingerprint density at radius 3 is 2.70 bits per heavy atom. The average molecular weight is 720 g/mol. The van der Waals surface area contributed by atoms with Gasteiger partial charge in [0.15, 0.2) is 23.9 Å². The summed E-state index contributed by atoms with van der Waals surface area (Å²) < 4.78 is 33.3. The van der Waals surface area contributed by atoms with Crippen LogP contribution in [-0.4, -0.2) is 35.5 Å². The molecule has 0 saturated heterocycles. The average Bonchev–Trinajstić information content (AvgIpc) is 3.43. The fraction of sp³-hybridized carbons (Fsp3) is 0.0625. The lowest BCUT2D eigenvalue weighted by atomic mass is 10.2. The molecule has 0 aliphatic heterocycles. The molecule has 6 rings (SSSR count). The molecule has 2 aromatic heterocycles. The van der Waals surface area contributed by atoms with Crippen LogP contribution < -0.4 is 20.3 Å². The first-order valence-corrected chi connectivity index (χ1v) is 14.7. The van der Waals surface area contributed by atoms with E-state index in [0.29, 0.717) is 43.7 Å². The third-order valence-electron chi connectivity index (χ3n) is 6.51. The summed E-state index contributed by atoms with van der Waals surface area (Å²) in [5, 5.41) is 8.31. The van der Waals surface area contributed by atoms with Crippen molar-refractivity contribution in [3.63, 3.8) is 0 Å². The Morgan fingerprint density at radius 2 is 1.89 bits per heavy atom. The molecule has 0 aliphatic rings. The van der Waals surface area contributed by atoms with Crippen LogP contribution in [0.4, 0.5) is 10.1 Å². The van der Waals surface area contributed by atoms with E-state index in [1.165, 1.54) is 36.2 Å². The number of furan rings is 1. The summed E-state index contributed by atoms with van der Waals surface area (Å²) in [6.45, 7) is -0.345. The molecule has 0 saturated carbocycles. The molecule has 9 nitrogen and oxygen atoms in total. The summed E-state index contributed by atoms with van der Waals surface area (Å²) in [5.74, 6) is 0.254. The van der Waals surface area contributed by atoms with Gasteiger partial charge in [0.25, 0.3) is 11.5 Å². The molecule has 2 heterocycles. The zero-order chi connectivity index (χ0) is 30.8. The minimum atomic E-state index is -0.479. The number of benzene rings is 4. The van der Waals surface area contributed by atoms with Crippen molar-refractivity contribution < 1.29 is 23.1 Å². The molecule has 0 spiro atoms. The van der Waals surface area contributed by atoms with E-state index in [0.717, 1.165) is 9.86 Å². The van der Waals surface area contributed by atoms with Gasteiger partial charge >= 0.3 is 0 Å². The third kappa shape index (κ3) is 6.12. The van der Waals surface area contributed by atoms with E-state index in [9.17, 15) is 14.0 Å². The number of hydrogen-bond donors (Lipinski definition) is 1. The normalized spacial score (nSPS) is 11.4. The maximum absolute atomic E-state index is 13.6. The Labute approximate surface area is 266 Å². The summed E-state index contributed by atoms with van der Waals surface area (Å²) in [6.07, 6.45) is 1.48. The van der Waals surface area contributed by atoms with Crippen molar-refractivity contribution in [2.75, 3.05) is 19.0 Å². The van der Waals surface area contributed by atoms with Crippen molar-refractivity contribution in [1.29, 1.82) is 0 Å². The predicted octanol–water partition coefficient (Wildman–Crippen LogP) is 7.38. The monoisotopic (exact) mass is 718 g/mol. The van der Waals surface area contributed by atoms with Gasteiger partial charge in [0.1, 0.15) is 11.4 Å². The minimum absolute atomic E-state index is 0.227. The number of fused-ring (bicyclic) bond motifs is 2. The number of anilines is 1. The highest BCUT2D eigenvalue weighted by Crippen LogP contribution is 2.33. The minimum Gasteiger partial charge on any atom is -0.493 e. The van der Waals surface area contributed by atoms with E-state index in [-0.39, 0.29) is 23.7 Å². The van der Waals surface area contributed by atoms with E-state index in [2.05, 4.69) is 42.3 Å². The predicted molar refractivity (Wildman–Crippen MR) is 173 cm³/mol. The molecule has 0 aliphatic carbocycles. The molecule has 0 atom stereocenters. The Morgan fingerprint density at radius 1 is 1.05 bits per heavy atom. The first-order valence-electron chi connectivity index (χ1n) is 13.1. The molecule has 6 aromatic rings. The van der Waals surface area contributed by atoms with Crippen LogP contribution in [0.5, 0.6) is 11.5 Å². The Hall–Kier alpha value is -4.81. The second-order valence-corrected chi connectivity index (χ2v) is 11.2. The number of carbonyl (C=O) groups excluding carboxylic acids is 1. The molecular formula is C32H21Br2FN4O5. The van der Waals surface area contributed by atoms with Crippen LogP contribution in [0.1, 0.15) is 5.56 Å². The van der Waals surface area contributed by atoms with Crippen molar-refractivity contribution in [1.82, 2.24) is 9.66 Å². The number of hydrogen-bond acceptors (Lipinski definition) is 7. The lowest BCUT2D eigenvalue weighted by molar-refractivity contribution is -0.118. The van der Waals surface area contributed by atoms with Crippen LogP contribution in [0, 0.1) is 5.82 Å². The number of amides is 1. The van der Waals surface area contributed by atoms with Gasteiger partial charge in [-0.25, -0.2) is 9.37 Å². The van der Waals surface area contributed by atoms with E-state index < -0.39 is 11.7 Å². The van der Waals surface area contributed by atoms with Crippen LogP contribution in [0.15, 0.2) is 108 Å². The number of nitrogens with one attached hydrogen (secondary N) is 1. The number of aromatic nitrogens is 2. The number of para-hydroxylation sites is 1. The van der Waals surface area contributed by atoms with Gasteiger partial charge in [0, 0.05) is 25.6 Å². The maximum atomic E-state index is 13.6. The summed E-state index contributed by atoms with van der Waals surface area (Å²) in [5.41, 5.74) is 1.63. The molecule has 4 aromatic carbocycles. The van der Waals surface area contributed by atoms with Crippen molar-refractivity contribution in [2.24, 2.45) is 5.10 Å². The highest BCUT2D eigenvalue weighted by atomic mass is 79.9. The Balaban J connectivity index is 1.32. The van der Waals surface area contributed by atoms with Gasteiger partial charge in [0.2, 0.25) is 5.82 Å². The molecule has 220 valence electrons. The molecule has 1 amide bonds. The van der Waals surface area contributed by atoms with Gasteiger partial charge < -0.3 is 19.2 Å². The molecule has 0 unspecified atom stereocenters. The van der Waals surface area contributed by atoms with Gasteiger partial charge in [-0.1, -0.05) is 34.1 Å². The van der Waals surface area contributed by atoms with E-state index in [1.54, 1.807) is 48.5 Å². The second kappa shape index (κ2) is 12.4. The van der Waals surface area contributed by atoms with Crippen molar-refractivity contribution in [3.05, 3.63) is 116 Å². The molecule has 1 N–H and O–H groups in total. The van der Waals surface area contributed by atoms with Crippen LogP contribution >= 0.6 is 31.9 Å². The van der Waals surface area contributed by atoms with Gasteiger partial charge in [-0.3, -0.25) is 9.59 Å². The number of nitrogens with zero attached hydrogens (tertiary/aromatic N) is 3. The fourth-order valence-electron chi connectivity index (χ4n) is 4.46. The first kappa shape index (κ1) is 29.3. The highest BCUT2D eigenvalue weighted by Gasteiger charge is 2.17. The number of rotatable bonds is 8. The second-order valence-electron chi connectivity index (χ2n) is 9.48. The zero-order valence-corrected chi connectivity index (χ0v) is 26.1. The van der Waals surface area contributed by atoms with Crippen molar-refractivity contribution in [2.45, 2.75) is 0 Å². The van der Waals surface area contributed by atoms with Crippen molar-refractivity contribution in [3.8, 4) is 23.1 Å². The number of carbonyl (C=O) groups is 1. The number of halogens is 3. The topological polar surface area (TPSA) is 108 Å². The molecule has 44 heavy (non-hydrogen) atoms. The van der Waals surface area contributed by atoms with Crippen LogP contribution in [-0.2, 0) is 4.79 Å². The van der Waals surface area contributed by atoms with E-state index in [1.807, 2.05) is 18.2 Å². The molecule has 0 fully saturated rings. The Kier molecular flexibility index (Phi) is 8.27. The summed E-state index contributed by atoms with van der Waals surface area (Å²) >= 11 is 6.98. The molecule has 0 bridgehead atoms. The van der Waals surface area contributed by atoms with Gasteiger partial charge in [-0.05, 0) is 82.7 Å². The van der Waals surface area contributed by atoms with Gasteiger partial charge in [-0.15, -0.1) is 0 Å². The maximum Gasteiger partial charge on any atom is 0.282 e. The van der Waals surface area contributed by atoms with Crippen LogP contribution in [0.25, 0.3) is 33.5 Å². The third-order valence-corrected chi connectivity index (χ3v) is 7.69. The smallest absolute Gasteiger partial charge is 0.282 e. The number of ether oxygens (including phenoxy) is 2. The highest BCUT2D eigenvalue weighted by molar-refractivity contribution is 9.10. The lowest BCUT2D eigenvalue weighted by Crippen LogP contribution is -2.20. The van der Waals surface area contributed by atoms with Crippen LogP contribution in [0.3, 0.4) is 0 Å². The first-order chi connectivity index (χ1) is 21.3. The van der Waals surface area contributed by atoms with Gasteiger partial charge in [0.05, 0.1) is 24.2 Å². The summed E-state index contributed by atoms with van der Waals surface area (Å²) in [6, 6.07) is 23.2. The van der Waals surface area contributed by atoms with Crippen molar-refractivity contribution >= 4 is 71.5 Å². The Bertz CT molecular complexity index is 2140. The molecular weight excluding hydrogens is 699 g/mol.